The molecule has 1 saturated heterocycles. The highest BCUT2D eigenvalue weighted by Crippen LogP contribution is 2.26. The number of piperidine rings is 1. The summed E-state index contributed by atoms with van der Waals surface area (Å²) < 4.78 is 5.53. The van der Waals surface area contributed by atoms with Crippen molar-refractivity contribution in [3.63, 3.8) is 0 Å². The first-order chi connectivity index (χ1) is 13.0. The van der Waals surface area contributed by atoms with Gasteiger partial charge in [-0.2, -0.15) is 0 Å². The van der Waals surface area contributed by atoms with Crippen molar-refractivity contribution in [2.75, 3.05) is 6.54 Å². The van der Waals surface area contributed by atoms with E-state index in [1.54, 1.807) is 28.0 Å². The molecule has 1 atom stereocenters. The SMILES string of the molecule is CC(C)N(Cc1cc(Cl)ccc1Cl)C(=O)[C@@H]1CCCCN1C(=O)OC(C)(C)C. The minimum absolute atomic E-state index is 0.0510. The number of benzene rings is 1. The number of ether oxygens (including phenoxy) is 1. The molecule has 7 heteroatoms. The van der Waals surface area contributed by atoms with Crippen LogP contribution in [0.15, 0.2) is 18.2 Å². The van der Waals surface area contributed by atoms with Crippen LogP contribution in [0.25, 0.3) is 0 Å². The van der Waals surface area contributed by atoms with Gasteiger partial charge in [0.1, 0.15) is 11.6 Å². The van der Waals surface area contributed by atoms with Crippen molar-refractivity contribution in [3.8, 4) is 0 Å². The molecule has 0 N–H and O–H groups in total. The zero-order valence-electron chi connectivity index (χ0n) is 17.3. The third kappa shape index (κ3) is 6.02. The Hall–Kier alpha value is -1.46. The third-order valence-corrected chi connectivity index (χ3v) is 5.27. The highest BCUT2D eigenvalue weighted by atomic mass is 35.5. The number of amides is 2. The van der Waals surface area contributed by atoms with Crippen molar-refractivity contribution in [3.05, 3.63) is 33.8 Å². The maximum Gasteiger partial charge on any atom is 0.410 e. The van der Waals surface area contributed by atoms with E-state index in [1.807, 2.05) is 34.6 Å². The summed E-state index contributed by atoms with van der Waals surface area (Å²) in [6, 6.07) is 4.66. The van der Waals surface area contributed by atoms with Crippen LogP contribution >= 0.6 is 23.2 Å². The number of halogens is 2. The van der Waals surface area contributed by atoms with Gasteiger partial charge < -0.3 is 9.64 Å². The molecule has 1 aromatic carbocycles. The minimum Gasteiger partial charge on any atom is -0.444 e. The van der Waals surface area contributed by atoms with Crippen molar-refractivity contribution < 1.29 is 14.3 Å². The van der Waals surface area contributed by atoms with Crippen molar-refractivity contribution >= 4 is 35.2 Å². The lowest BCUT2D eigenvalue weighted by Crippen LogP contribution is -2.55. The molecule has 0 bridgehead atoms. The van der Waals surface area contributed by atoms with Gasteiger partial charge >= 0.3 is 6.09 Å². The number of hydrogen-bond donors (Lipinski definition) is 0. The summed E-state index contributed by atoms with van der Waals surface area (Å²) in [6.45, 7) is 10.3. The average Bonchev–Trinajstić information content (AvgIpc) is 2.60. The van der Waals surface area contributed by atoms with Gasteiger partial charge in [0.2, 0.25) is 5.91 Å². The van der Waals surface area contributed by atoms with Gasteiger partial charge in [0, 0.05) is 29.2 Å². The van der Waals surface area contributed by atoms with E-state index in [4.69, 9.17) is 27.9 Å². The highest BCUT2D eigenvalue weighted by molar-refractivity contribution is 6.33. The lowest BCUT2D eigenvalue weighted by Gasteiger charge is -2.39. The Bertz CT molecular complexity index is 716. The van der Waals surface area contributed by atoms with Gasteiger partial charge in [0.05, 0.1) is 0 Å². The maximum absolute atomic E-state index is 13.4. The number of hydrogen-bond acceptors (Lipinski definition) is 3. The molecule has 156 valence electrons. The van der Waals surface area contributed by atoms with E-state index in [0.717, 1.165) is 18.4 Å². The fourth-order valence-corrected chi connectivity index (χ4v) is 3.65. The van der Waals surface area contributed by atoms with Crippen LogP contribution in [0.3, 0.4) is 0 Å². The second-order valence-electron chi connectivity index (χ2n) is 8.48. The van der Waals surface area contributed by atoms with E-state index in [9.17, 15) is 9.59 Å². The second-order valence-corrected chi connectivity index (χ2v) is 9.32. The molecule has 2 rings (SSSR count). The molecule has 0 saturated carbocycles. The van der Waals surface area contributed by atoms with E-state index in [-0.39, 0.29) is 11.9 Å². The molecule has 0 unspecified atom stereocenters. The molecule has 0 aromatic heterocycles. The zero-order valence-corrected chi connectivity index (χ0v) is 18.8. The van der Waals surface area contributed by atoms with E-state index < -0.39 is 17.7 Å². The molecule has 0 aliphatic carbocycles. The molecule has 1 heterocycles. The summed E-state index contributed by atoms with van der Waals surface area (Å²) in [5, 5.41) is 1.14. The molecule has 0 spiro atoms. The van der Waals surface area contributed by atoms with Gasteiger partial charge in [-0.05, 0) is 77.6 Å². The summed E-state index contributed by atoms with van der Waals surface area (Å²) in [5.41, 5.74) is 0.185. The van der Waals surface area contributed by atoms with Crippen molar-refractivity contribution in [2.45, 2.75) is 78.1 Å². The highest BCUT2D eigenvalue weighted by Gasteiger charge is 2.37. The predicted octanol–water partition coefficient (Wildman–Crippen LogP) is 5.52. The molecule has 28 heavy (non-hydrogen) atoms. The van der Waals surface area contributed by atoms with Crippen molar-refractivity contribution in [2.24, 2.45) is 0 Å². The summed E-state index contributed by atoms with van der Waals surface area (Å²) >= 11 is 12.4. The van der Waals surface area contributed by atoms with Gasteiger partial charge in [-0.15, -0.1) is 0 Å². The number of likely N-dealkylation sites (tertiary alicyclic amines) is 1. The van der Waals surface area contributed by atoms with Crippen molar-refractivity contribution in [1.82, 2.24) is 9.80 Å². The molecule has 5 nitrogen and oxygen atoms in total. The fourth-order valence-electron chi connectivity index (χ4n) is 3.28. The number of carbonyl (C=O) groups is 2. The van der Waals surface area contributed by atoms with E-state index in [1.165, 1.54) is 0 Å². The predicted molar refractivity (Wildman–Crippen MR) is 113 cm³/mol. The molecule has 1 aliphatic heterocycles. The monoisotopic (exact) mass is 428 g/mol. The molecular formula is C21H30Cl2N2O3. The Morgan fingerprint density at radius 2 is 1.93 bits per heavy atom. The normalized spacial score (nSPS) is 17.6. The van der Waals surface area contributed by atoms with Crippen LogP contribution in [0.5, 0.6) is 0 Å². The van der Waals surface area contributed by atoms with Crippen LogP contribution in [-0.2, 0) is 16.1 Å². The summed E-state index contributed by atoms with van der Waals surface area (Å²) in [5.74, 6) is -0.0865. The summed E-state index contributed by atoms with van der Waals surface area (Å²) in [4.78, 5) is 29.4. The summed E-state index contributed by atoms with van der Waals surface area (Å²) in [6.07, 6.45) is 1.96. The zero-order chi connectivity index (χ0) is 21.1. The van der Waals surface area contributed by atoms with Crippen LogP contribution in [0.4, 0.5) is 4.79 Å². The van der Waals surface area contributed by atoms with Gasteiger partial charge in [0.25, 0.3) is 0 Å². The Morgan fingerprint density at radius 3 is 2.54 bits per heavy atom. The largest absolute Gasteiger partial charge is 0.444 e. The van der Waals surface area contributed by atoms with E-state index >= 15 is 0 Å². The van der Waals surface area contributed by atoms with Crippen LogP contribution in [-0.4, -0.2) is 46.0 Å². The average molecular weight is 429 g/mol. The van der Waals surface area contributed by atoms with Gasteiger partial charge in [-0.1, -0.05) is 23.2 Å². The fraction of sp³-hybridized carbons (Fsp3) is 0.619. The molecule has 0 radical (unpaired) electrons. The first kappa shape index (κ1) is 22.8. The van der Waals surface area contributed by atoms with Crippen molar-refractivity contribution in [1.29, 1.82) is 0 Å². The van der Waals surface area contributed by atoms with Crippen LogP contribution in [0, 0.1) is 0 Å². The lowest BCUT2D eigenvalue weighted by molar-refractivity contribution is -0.140. The maximum atomic E-state index is 13.4. The topological polar surface area (TPSA) is 49.9 Å². The van der Waals surface area contributed by atoms with Crippen LogP contribution in [0.1, 0.15) is 59.4 Å². The van der Waals surface area contributed by atoms with E-state index in [0.29, 0.717) is 29.6 Å². The van der Waals surface area contributed by atoms with Crippen LogP contribution < -0.4 is 0 Å². The smallest absolute Gasteiger partial charge is 0.410 e. The number of nitrogens with zero attached hydrogens (tertiary/aromatic N) is 2. The van der Waals surface area contributed by atoms with Gasteiger partial charge in [0.15, 0.2) is 0 Å². The molecular weight excluding hydrogens is 399 g/mol. The second kappa shape index (κ2) is 9.36. The van der Waals surface area contributed by atoms with Gasteiger partial charge in [-0.25, -0.2) is 4.79 Å². The third-order valence-electron chi connectivity index (χ3n) is 4.67. The Morgan fingerprint density at radius 1 is 1.25 bits per heavy atom. The molecule has 2 amide bonds. The number of rotatable bonds is 4. The molecule has 1 aliphatic rings. The Kier molecular flexibility index (Phi) is 7.63. The van der Waals surface area contributed by atoms with Crippen LogP contribution in [0.2, 0.25) is 10.0 Å². The minimum atomic E-state index is -0.603. The summed E-state index contributed by atoms with van der Waals surface area (Å²) in [7, 11) is 0. The Labute approximate surface area is 177 Å². The quantitative estimate of drug-likeness (QED) is 0.633. The van der Waals surface area contributed by atoms with E-state index in [2.05, 4.69) is 0 Å². The number of carbonyl (C=O) groups excluding carboxylic acids is 2. The first-order valence-corrected chi connectivity index (χ1v) is 10.5. The first-order valence-electron chi connectivity index (χ1n) is 9.73. The molecule has 1 fully saturated rings. The standard InChI is InChI=1S/C21H30Cl2N2O3/c1-14(2)25(13-15-12-16(22)9-10-17(15)23)19(26)18-8-6-7-11-24(18)20(27)28-21(3,4)5/h9-10,12,14,18H,6-8,11,13H2,1-5H3/t18-/m0/s1. The van der Waals surface area contributed by atoms with Gasteiger partial charge in [-0.3, -0.25) is 9.69 Å². The Balaban J connectivity index is 2.24. The molecule has 1 aromatic rings. The lowest BCUT2D eigenvalue weighted by atomic mass is 10.0.